The second kappa shape index (κ2) is 8.12. The standard InChI is InChI=1S/C16H26ClN3O3S/c1-16(2,13-20-9-7-19(8-10-20)11-12-21)18-24(22,23)15-5-3-14(17)4-6-15/h3-6,18,21H,7-13H2,1-2H3. The van der Waals surface area contributed by atoms with Crippen LogP contribution in [0, 0.1) is 0 Å². The van der Waals surface area contributed by atoms with Gasteiger partial charge in [0.15, 0.2) is 0 Å². The molecule has 6 nitrogen and oxygen atoms in total. The number of hydrogen-bond acceptors (Lipinski definition) is 5. The van der Waals surface area contributed by atoms with Crippen LogP contribution in [-0.2, 0) is 10.0 Å². The van der Waals surface area contributed by atoms with Crippen LogP contribution in [0.4, 0.5) is 0 Å². The molecule has 1 aliphatic rings. The number of benzene rings is 1. The summed E-state index contributed by atoms with van der Waals surface area (Å²) < 4.78 is 27.8. The van der Waals surface area contributed by atoms with E-state index in [4.69, 9.17) is 16.7 Å². The molecule has 1 aromatic carbocycles. The fourth-order valence-corrected chi connectivity index (χ4v) is 4.47. The lowest BCUT2D eigenvalue weighted by Crippen LogP contribution is -2.55. The SMILES string of the molecule is CC(C)(CN1CCN(CCO)CC1)NS(=O)(=O)c1ccc(Cl)cc1. The first-order valence-corrected chi connectivity index (χ1v) is 9.93. The first kappa shape index (κ1) is 19.6. The Hall–Kier alpha value is -0.700. The number of aliphatic hydroxyl groups is 1. The molecule has 0 aliphatic carbocycles. The van der Waals surface area contributed by atoms with Gasteiger partial charge in [0.05, 0.1) is 11.5 Å². The Labute approximate surface area is 149 Å². The van der Waals surface area contributed by atoms with Crippen LogP contribution in [0.3, 0.4) is 0 Å². The van der Waals surface area contributed by atoms with E-state index < -0.39 is 15.6 Å². The Balaban J connectivity index is 1.94. The molecule has 1 heterocycles. The van der Waals surface area contributed by atoms with Crippen LogP contribution in [0.5, 0.6) is 0 Å². The normalized spacial score (nSPS) is 18.0. The first-order chi connectivity index (χ1) is 11.2. The van der Waals surface area contributed by atoms with Gasteiger partial charge in [0.1, 0.15) is 0 Å². The number of hydrogen-bond donors (Lipinski definition) is 2. The molecular weight excluding hydrogens is 350 g/mol. The van der Waals surface area contributed by atoms with Gasteiger partial charge in [-0.15, -0.1) is 0 Å². The van der Waals surface area contributed by atoms with Crippen molar-refractivity contribution in [3.05, 3.63) is 29.3 Å². The van der Waals surface area contributed by atoms with Crippen molar-refractivity contribution < 1.29 is 13.5 Å². The minimum Gasteiger partial charge on any atom is -0.395 e. The molecule has 0 radical (unpaired) electrons. The lowest BCUT2D eigenvalue weighted by molar-refractivity contribution is 0.0983. The van der Waals surface area contributed by atoms with Gasteiger partial charge in [-0.25, -0.2) is 13.1 Å². The summed E-state index contributed by atoms with van der Waals surface area (Å²) >= 11 is 5.82. The van der Waals surface area contributed by atoms with Crippen molar-refractivity contribution in [2.45, 2.75) is 24.3 Å². The van der Waals surface area contributed by atoms with Gasteiger partial charge in [-0.05, 0) is 38.1 Å². The second-order valence-electron chi connectivity index (χ2n) is 6.78. The van der Waals surface area contributed by atoms with Crippen molar-refractivity contribution in [1.82, 2.24) is 14.5 Å². The molecule has 0 saturated carbocycles. The fourth-order valence-electron chi connectivity index (χ4n) is 2.94. The Bertz CT molecular complexity index is 626. The maximum atomic E-state index is 12.5. The second-order valence-corrected chi connectivity index (χ2v) is 8.90. The summed E-state index contributed by atoms with van der Waals surface area (Å²) in [5, 5.41) is 9.49. The maximum absolute atomic E-state index is 12.5. The quantitative estimate of drug-likeness (QED) is 0.744. The van der Waals surface area contributed by atoms with Crippen molar-refractivity contribution >= 4 is 21.6 Å². The zero-order valence-corrected chi connectivity index (χ0v) is 15.8. The molecule has 136 valence electrons. The Morgan fingerprint density at radius 1 is 1.12 bits per heavy atom. The van der Waals surface area contributed by atoms with Gasteiger partial charge in [0, 0.05) is 49.8 Å². The molecule has 1 fully saturated rings. The largest absolute Gasteiger partial charge is 0.395 e. The average Bonchev–Trinajstić information content (AvgIpc) is 2.48. The van der Waals surface area contributed by atoms with E-state index in [1.165, 1.54) is 12.1 Å². The first-order valence-electron chi connectivity index (χ1n) is 8.07. The topological polar surface area (TPSA) is 72.9 Å². The molecule has 1 saturated heterocycles. The number of piperazine rings is 1. The number of β-amino-alcohol motifs (C(OH)–C–C–N with tert-alkyl or cyclic N) is 1. The summed E-state index contributed by atoms with van der Waals surface area (Å²) in [6.07, 6.45) is 0. The zero-order chi connectivity index (χ0) is 17.8. The number of sulfonamides is 1. The maximum Gasteiger partial charge on any atom is 0.241 e. The van der Waals surface area contributed by atoms with Crippen LogP contribution < -0.4 is 4.72 Å². The van der Waals surface area contributed by atoms with Crippen molar-refractivity contribution in [2.24, 2.45) is 0 Å². The van der Waals surface area contributed by atoms with E-state index in [2.05, 4.69) is 14.5 Å². The molecule has 0 amide bonds. The highest BCUT2D eigenvalue weighted by atomic mass is 35.5. The van der Waals surface area contributed by atoms with Crippen molar-refractivity contribution in [2.75, 3.05) is 45.9 Å². The highest BCUT2D eigenvalue weighted by molar-refractivity contribution is 7.89. The van der Waals surface area contributed by atoms with Gasteiger partial charge in [-0.2, -0.15) is 0 Å². The lowest BCUT2D eigenvalue weighted by atomic mass is 10.1. The predicted molar refractivity (Wildman–Crippen MR) is 95.8 cm³/mol. The summed E-state index contributed by atoms with van der Waals surface area (Å²) in [7, 11) is -3.58. The Kier molecular flexibility index (Phi) is 6.64. The van der Waals surface area contributed by atoms with Crippen LogP contribution in [0.15, 0.2) is 29.2 Å². The summed E-state index contributed by atoms with van der Waals surface area (Å²) in [5.74, 6) is 0. The van der Waals surface area contributed by atoms with Crippen LogP contribution in [0.1, 0.15) is 13.8 Å². The van der Waals surface area contributed by atoms with Gasteiger partial charge in [0.25, 0.3) is 0 Å². The van der Waals surface area contributed by atoms with E-state index in [1.54, 1.807) is 12.1 Å². The van der Waals surface area contributed by atoms with Gasteiger partial charge in [-0.1, -0.05) is 11.6 Å². The smallest absolute Gasteiger partial charge is 0.241 e. The third-order valence-corrected chi connectivity index (χ3v) is 6.00. The Morgan fingerprint density at radius 3 is 2.21 bits per heavy atom. The van der Waals surface area contributed by atoms with E-state index >= 15 is 0 Å². The molecule has 1 aliphatic heterocycles. The predicted octanol–water partition coefficient (Wildman–Crippen LogP) is 1.01. The van der Waals surface area contributed by atoms with Crippen molar-refractivity contribution in [1.29, 1.82) is 0 Å². The number of rotatable bonds is 7. The van der Waals surface area contributed by atoms with E-state index in [9.17, 15) is 8.42 Å². The minimum atomic E-state index is -3.58. The van der Waals surface area contributed by atoms with Gasteiger partial charge < -0.3 is 5.11 Å². The monoisotopic (exact) mass is 375 g/mol. The van der Waals surface area contributed by atoms with Gasteiger partial charge in [0.2, 0.25) is 10.0 Å². The molecule has 2 rings (SSSR count). The van der Waals surface area contributed by atoms with Crippen molar-refractivity contribution in [3.8, 4) is 0 Å². The van der Waals surface area contributed by atoms with E-state index in [1.807, 2.05) is 13.8 Å². The molecule has 2 N–H and O–H groups in total. The number of halogens is 1. The number of nitrogens with zero attached hydrogens (tertiary/aromatic N) is 2. The van der Waals surface area contributed by atoms with E-state index in [0.717, 1.165) is 26.2 Å². The number of aliphatic hydroxyl groups excluding tert-OH is 1. The number of nitrogens with one attached hydrogen (secondary N) is 1. The fraction of sp³-hybridized carbons (Fsp3) is 0.625. The van der Waals surface area contributed by atoms with Crippen LogP contribution in [-0.4, -0.2) is 74.7 Å². The molecule has 0 bridgehead atoms. The van der Waals surface area contributed by atoms with E-state index in [-0.39, 0.29) is 11.5 Å². The van der Waals surface area contributed by atoms with Crippen LogP contribution >= 0.6 is 11.6 Å². The molecule has 0 atom stereocenters. The lowest BCUT2D eigenvalue weighted by Gasteiger charge is -2.38. The van der Waals surface area contributed by atoms with Gasteiger partial charge >= 0.3 is 0 Å². The Morgan fingerprint density at radius 2 is 1.67 bits per heavy atom. The summed E-state index contributed by atoms with van der Waals surface area (Å²) in [4.78, 5) is 4.67. The molecule has 0 unspecified atom stereocenters. The average molecular weight is 376 g/mol. The molecule has 0 aromatic heterocycles. The third-order valence-electron chi connectivity index (χ3n) is 4.03. The summed E-state index contributed by atoms with van der Waals surface area (Å²) in [6.45, 7) is 8.79. The minimum absolute atomic E-state index is 0.173. The molecule has 8 heteroatoms. The highest BCUT2D eigenvalue weighted by Gasteiger charge is 2.29. The van der Waals surface area contributed by atoms with Crippen molar-refractivity contribution in [3.63, 3.8) is 0 Å². The highest BCUT2D eigenvalue weighted by Crippen LogP contribution is 2.17. The summed E-state index contributed by atoms with van der Waals surface area (Å²) in [5.41, 5.74) is -0.586. The third kappa shape index (κ3) is 5.68. The molecule has 1 aromatic rings. The van der Waals surface area contributed by atoms with E-state index in [0.29, 0.717) is 18.1 Å². The molecule has 24 heavy (non-hydrogen) atoms. The summed E-state index contributed by atoms with van der Waals surface area (Å²) in [6, 6.07) is 6.16. The van der Waals surface area contributed by atoms with Crippen LogP contribution in [0.25, 0.3) is 0 Å². The zero-order valence-electron chi connectivity index (χ0n) is 14.2. The molecular formula is C16H26ClN3O3S. The van der Waals surface area contributed by atoms with Crippen LogP contribution in [0.2, 0.25) is 5.02 Å². The molecule has 0 spiro atoms. The van der Waals surface area contributed by atoms with Gasteiger partial charge in [-0.3, -0.25) is 9.80 Å².